The molecule has 2 aromatic heterocycles. The number of hydrogen-bond acceptors (Lipinski definition) is 4. The van der Waals surface area contributed by atoms with Gasteiger partial charge >= 0.3 is 5.97 Å². The molecule has 0 aliphatic rings. The SMILES string of the molecule is N#CCc1cc(C(=O)O)cc(Cc2ccc3ncc(Cl)cc3c2)n1. The van der Waals surface area contributed by atoms with Crippen molar-refractivity contribution >= 4 is 28.5 Å². The number of carboxylic acids is 1. The summed E-state index contributed by atoms with van der Waals surface area (Å²) in [5, 5.41) is 19.5. The number of hydrogen-bond donors (Lipinski definition) is 1. The van der Waals surface area contributed by atoms with Gasteiger partial charge in [0.2, 0.25) is 0 Å². The minimum atomic E-state index is -1.03. The fourth-order valence-corrected chi connectivity index (χ4v) is 2.67. The lowest BCUT2D eigenvalue weighted by Crippen LogP contribution is -2.04. The van der Waals surface area contributed by atoms with Crippen LogP contribution in [0.5, 0.6) is 0 Å². The highest BCUT2D eigenvalue weighted by molar-refractivity contribution is 6.31. The van der Waals surface area contributed by atoms with Crippen LogP contribution in [-0.4, -0.2) is 21.0 Å². The molecule has 24 heavy (non-hydrogen) atoms. The second kappa shape index (κ2) is 6.65. The first-order chi connectivity index (χ1) is 11.5. The number of fused-ring (bicyclic) bond motifs is 1. The molecule has 0 spiro atoms. The molecule has 0 fully saturated rings. The van der Waals surface area contributed by atoms with Crippen LogP contribution in [0.1, 0.15) is 27.3 Å². The van der Waals surface area contributed by atoms with Crippen molar-refractivity contribution in [3.05, 3.63) is 70.1 Å². The van der Waals surface area contributed by atoms with Crippen LogP contribution in [-0.2, 0) is 12.8 Å². The first kappa shape index (κ1) is 15.9. The summed E-state index contributed by atoms with van der Waals surface area (Å²) in [4.78, 5) is 19.9. The summed E-state index contributed by atoms with van der Waals surface area (Å²) in [5.74, 6) is -1.03. The zero-order valence-electron chi connectivity index (χ0n) is 12.5. The number of carboxylic acid groups (broad SMARTS) is 1. The maximum atomic E-state index is 11.2. The molecule has 0 saturated heterocycles. The van der Waals surface area contributed by atoms with Crippen molar-refractivity contribution in [3.63, 3.8) is 0 Å². The van der Waals surface area contributed by atoms with Gasteiger partial charge in [-0.3, -0.25) is 9.97 Å². The Morgan fingerprint density at radius 1 is 1.21 bits per heavy atom. The van der Waals surface area contributed by atoms with Crippen LogP contribution in [0.4, 0.5) is 0 Å². The van der Waals surface area contributed by atoms with Crippen LogP contribution in [0.25, 0.3) is 10.9 Å². The minimum absolute atomic E-state index is 0.0748. The molecule has 0 aliphatic carbocycles. The van der Waals surface area contributed by atoms with E-state index in [0.717, 1.165) is 16.5 Å². The lowest BCUT2D eigenvalue weighted by atomic mass is 10.0. The summed E-state index contributed by atoms with van der Waals surface area (Å²) in [5.41, 5.74) is 2.99. The van der Waals surface area contributed by atoms with Crippen LogP contribution < -0.4 is 0 Å². The van der Waals surface area contributed by atoms with E-state index in [2.05, 4.69) is 9.97 Å². The number of pyridine rings is 2. The van der Waals surface area contributed by atoms with Crippen molar-refractivity contribution < 1.29 is 9.90 Å². The standard InChI is InChI=1S/C18H12ClN3O2/c19-14-7-12-5-11(1-2-17(12)21-10-14)6-16-9-13(18(23)24)8-15(22-16)3-4-20/h1-2,5,7-10H,3,6H2,(H,23,24). The molecule has 1 aromatic carbocycles. The van der Waals surface area contributed by atoms with E-state index in [1.165, 1.54) is 12.1 Å². The number of nitriles is 1. The number of nitrogens with zero attached hydrogens (tertiary/aromatic N) is 3. The molecule has 0 bridgehead atoms. The van der Waals surface area contributed by atoms with Crippen LogP contribution in [0.3, 0.4) is 0 Å². The molecule has 2 heterocycles. The van der Waals surface area contributed by atoms with Gasteiger partial charge in [0.15, 0.2) is 0 Å². The van der Waals surface area contributed by atoms with Gasteiger partial charge in [0, 0.05) is 23.7 Å². The van der Waals surface area contributed by atoms with Crippen molar-refractivity contribution in [1.29, 1.82) is 5.26 Å². The third-order valence-corrected chi connectivity index (χ3v) is 3.74. The van der Waals surface area contributed by atoms with Crippen molar-refractivity contribution in [2.45, 2.75) is 12.8 Å². The van der Waals surface area contributed by atoms with E-state index in [4.69, 9.17) is 16.9 Å². The number of aromatic nitrogens is 2. The average Bonchev–Trinajstić information content (AvgIpc) is 2.54. The topological polar surface area (TPSA) is 86.9 Å². The predicted molar refractivity (Wildman–Crippen MR) is 90.1 cm³/mol. The molecule has 6 heteroatoms. The molecule has 0 aliphatic heterocycles. The largest absolute Gasteiger partial charge is 0.478 e. The highest BCUT2D eigenvalue weighted by Gasteiger charge is 2.09. The lowest BCUT2D eigenvalue weighted by Gasteiger charge is -2.07. The Bertz CT molecular complexity index is 980. The van der Waals surface area contributed by atoms with Gasteiger partial charge in [-0.25, -0.2) is 4.79 Å². The molecule has 0 radical (unpaired) electrons. The summed E-state index contributed by atoms with van der Waals surface area (Å²) in [6.45, 7) is 0. The van der Waals surface area contributed by atoms with Gasteiger partial charge in [0.05, 0.1) is 34.3 Å². The first-order valence-corrected chi connectivity index (χ1v) is 7.57. The van der Waals surface area contributed by atoms with Gasteiger partial charge in [-0.1, -0.05) is 17.7 Å². The van der Waals surface area contributed by atoms with E-state index in [1.54, 1.807) is 6.20 Å². The molecule has 118 valence electrons. The van der Waals surface area contributed by atoms with E-state index < -0.39 is 5.97 Å². The van der Waals surface area contributed by atoms with Crippen LogP contribution in [0.15, 0.2) is 42.6 Å². The summed E-state index contributed by atoms with van der Waals surface area (Å²) in [6.07, 6.45) is 2.13. The van der Waals surface area contributed by atoms with E-state index in [0.29, 0.717) is 22.8 Å². The zero-order valence-corrected chi connectivity index (χ0v) is 13.3. The number of aromatic carboxylic acids is 1. The first-order valence-electron chi connectivity index (χ1n) is 7.19. The summed E-state index contributed by atoms with van der Waals surface area (Å²) in [6, 6.07) is 12.5. The second-order valence-corrected chi connectivity index (χ2v) is 5.77. The maximum Gasteiger partial charge on any atom is 0.335 e. The van der Waals surface area contributed by atoms with Crippen LogP contribution in [0.2, 0.25) is 5.02 Å². The normalized spacial score (nSPS) is 10.5. The van der Waals surface area contributed by atoms with Crippen molar-refractivity contribution in [2.75, 3.05) is 0 Å². The maximum absolute atomic E-state index is 11.2. The van der Waals surface area contributed by atoms with Gasteiger partial charge in [-0.05, 0) is 35.9 Å². The molecule has 3 rings (SSSR count). The van der Waals surface area contributed by atoms with Crippen molar-refractivity contribution in [2.24, 2.45) is 0 Å². The van der Waals surface area contributed by atoms with E-state index in [-0.39, 0.29) is 12.0 Å². The average molecular weight is 338 g/mol. The van der Waals surface area contributed by atoms with Gasteiger partial charge < -0.3 is 5.11 Å². The zero-order chi connectivity index (χ0) is 17.1. The van der Waals surface area contributed by atoms with Crippen LogP contribution >= 0.6 is 11.6 Å². The molecule has 0 amide bonds. The third-order valence-electron chi connectivity index (χ3n) is 3.54. The smallest absolute Gasteiger partial charge is 0.335 e. The monoisotopic (exact) mass is 337 g/mol. The van der Waals surface area contributed by atoms with Crippen molar-refractivity contribution in [1.82, 2.24) is 9.97 Å². The Labute approximate surface area is 143 Å². The van der Waals surface area contributed by atoms with E-state index >= 15 is 0 Å². The van der Waals surface area contributed by atoms with Gasteiger partial charge in [0.1, 0.15) is 0 Å². The Balaban J connectivity index is 1.98. The fraction of sp³-hybridized carbons (Fsp3) is 0.111. The summed E-state index contributed by atoms with van der Waals surface area (Å²) >= 11 is 5.97. The van der Waals surface area contributed by atoms with E-state index in [1.807, 2.05) is 30.3 Å². The Kier molecular flexibility index (Phi) is 4.41. The molecular weight excluding hydrogens is 326 g/mol. The molecule has 0 atom stereocenters. The fourth-order valence-electron chi connectivity index (χ4n) is 2.51. The number of rotatable bonds is 4. The Hall–Kier alpha value is -2.97. The predicted octanol–water partition coefficient (Wildman–Crippen LogP) is 3.64. The number of carbonyl (C=O) groups is 1. The van der Waals surface area contributed by atoms with Gasteiger partial charge in [-0.2, -0.15) is 5.26 Å². The molecular formula is C18H12ClN3O2. The minimum Gasteiger partial charge on any atom is -0.478 e. The van der Waals surface area contributed by atoms with Crippen LogP contribution in [0, 0.1) is 11.3 Å². The Morgan fingerprint density at radius 3 is 2.75 bits per heavy atom. The number of halogens is 1. The highest BCUT2D eigenvalue weighted by Crippen LogP contribution is 2.20. The molecule has 3 aromatic rings. The highest BCUT2D eigenvalue weighted by atomic mass is 35.5. The van der Waals surface area contributed by atoms with E-state index in [9.17, 15) is 9.90 Å². The summed E-state index contributed by atoms with van der Waals surface area (Å²) < 4.78 is 0. The molecule has 0 saturated carbocycles. The molecule has 5 nitrogen and oxygen atoms in total. The van der Waals surface area contributed by atoms with Gasteiger partial charge in [0.25, 0.3) is 0 Å². The van der Waals surface area contributed by atoms with Crippen molar-refractivity contribution in [3.8, 4) is 6.07 Å². The second-order valence-electron chi connectivity index (χ2n) is 5.34. The molecule has 0 unspecified atom stereocenters. The Morgan fingerprint density at radius 2 is 2.00 bits per heavy atom. The van der Waals surface area contributed by atoms with Gasteiger partial charge in [-0.15, -0.1) is 0 Å². The number of benzene rings is 1. The lowest BCUT2D eigenvalue weighted by molar-refractivity contribution is 0.0696. The third kappa shape index (κ3) is 3.50. The summed E-state index contributed by atoms with van der Waals surface area (Å²) in [7, 11) is 0. The quantitative estimate of drug-likeness (QED) is 0.785. The molecule has 1 N–H and O–H groups in total.